The minimum Gasteiger partial charge on any atom is -0.496 e. The van der Waals surface area contributed by atoms with E-state index >= 15 is 0 Å². The largest absolute Gasteiger partial charge is 0.496 e. The smallest absolute Gasteiger partial charge is 0.222 e. The lowest BCUT2D eigenvalue weighted by Gasteiger charge is -2.32. The fraction of sp³-hybridized carbons (Fsp3) is 0.650. The highest BCUT2D eigenvalue weighted by molar-refractivity contribution is 5.76. The van der Waals surface area contributed by atoms with Crippen LogP contribution in [0.4, 0.5) is 0 Å². The number of carbonyl (C=O) groups excluding carboxylic acids is 1. The fourth-order valence-electron chi connectivity index (χ4n) is 3.35. The summed E-state index contributed by atoms with van der Waals surface area (Å²) in [6, 6.07) is 8.03. The van der Waals surface area contributed by atoms with Gasteiger partial charge in [-0.3, -0.25) is 4.79 Å². The molecule has 0 aromatic heterocycles. The van der Waals surface area contributed by atoms with Crippen molar-refractivity contribution in [1.82, 2.24) is 4.90 Å². The number of benzene rings is 1. The molecule has 1 saturated heterocycles. The summed E-state index contributed by atoms with van der Waals surface area (Å²) in [5, 5.41) is 0. The molecule has 2 N–H and O–H groups in total. The van der Waals surface area contributed by atoms with Gasteiger partial charge in [0, 0.05) is 26.1 Å². The molecule has 25 heavy (non-hydrogen) atoms. The molecule has 1 heterocycles. The third-order valence-electron chi connectivity index (χ3n) is 4.78. The number of nitrogens with two attached hydrogens (primary N) is 1. The molecule has 1 unspecified atom stereocenters. The second-order valence-electron chi connectivity index (χ2n) is 6.92. The highest BCUT2D eigenvalue weighted by Gasteiger charge is 2.24. The number of hydrogen-bond donors (Lipinski definition) is 1. The van der Waals surface area contributed by atoms with Gasteiger partial charge in [0.25, 0.3) is 0 Å². The Balaban J connectivity index is 1.74. The van der Waals surface area contributed by atoms with E-state index in [1.165, 1.54) is 0 Å². The Morgan fingerprint density at radius 2 is 2.04 bits per heavy atom. The first-order chi connectivity index (χ1) is 12.1. The maximum absolute atomic E-state index is 12.6. The zero-order chi connectivity index (χ0) is 18.1. The molecule has 1 aromatic carbocycles. The van der Waals surface area contributed by atoms with E-state index in [1.807, 2.05) is 23.1 Å². The van der Waals surface area contributed by atoms with Gasteiger partial charge < -0.3 is 20.1 Å². The van der Waals surface area contributed by atoms with Crippen molar-refractivity contribution in [3.63, 3.8) is 0 Å². The molecule has 5 nitrogen and oxygen atoms in total. The molecule has 0 bridgehead atoms. The van der Waals surface area contributed by atoms with Crippen molar-refractivity contribution in [3.8, 4) is 5.75 Å². The zero-order valence-corrected chi connectivity index (χ0v) is 15.6. The van der Waals surface area contributed by atoms with Crippen LogP contribution in [0.25, 0.3) is 0 Å². The summed E-state index contributed by atoms with van der Waals surface area (Å²) < 4.78 is 11.2. The van der Waals surface area contributed by atoms with E-state index < -0.39 is 0 Å². The van der Waals surface area contributed by atoms with Crippen molar-refractivity contribution in [2.75, 3.05) is 33.4 Å². The van der Waals surface area contributed by atoms with Gasteiger partial charge in [0.2, 0.25) is 5.91 Å². The van der Waals surface area contributed by atoms with E-state index in [4.69, 9.17) is 15.2 Å². The van der Waals surface area contributed by atoms with Crippen LogP contribution in [0.1, 0.15) is 38.2 Å². The number of nitrogens with zero attached hydrogens (tertiary/aromatic N) is 1. The normalized spacial score (nSPS) is 16.7. The van der Waals surface area contributed by atoms with Crippen LogP contribution in [-0.2, 0) is 16.0 Å². The lowest BCUT2D eigenvalue weighted by molar-refractivity contribution is -0.134. The number of carbonyl (C=O) groups is 1. The molecule has 5 heteroatoms. The Bertz CT molecular complexity index is 527. The van der Waals surface area contributed by atoms with Crippen LogP contribution in [-0.4, -0.2) is 50.3 Å². The van der Waals surface area contributed by atoms with E-state index in [2.05, 4.69) is 13.0 Å². The van der Waals surface area contributed by atoms with Crippen LogP contribution < -0.4 is 10.5 Å². The summed E-state index contributed by atoms with van der Waals surface area (Å²) >= 11 is 0. The monoisotopic (exact) mass is 348 g/mol. The number of amides is 1. The first-order valence-corrected chi connectivity index (χ1v) is 9.35. The number of hydrogen-bond acceptors (Lipinski definition) is 4. The zero-order valence-electron chi connectivity index (χ0n) is 15.6. The van der Waals surface area contributed by atoms with Crippen molar-refractivity contribution in [2.45, 2.75) is 45.1 Å². The highest BCUT2D eigenvalue weighted by atomic mass is 16.5. The minimum atomic E-state index is 0.253. The second-order valence-corrected chi connectivity index (χ2v) is 6.92. The molecule has 1 aliphatic heterocycles. The molecule has 1 atom stereocenters. The van der Waals surface area contributed by atoms with Crippen LogP contribution in [0.3, 0.4) is 0 Å². The SMILES string of the molecule is COc1ccccc1CC(C)CC(=O)N1CCC(OCCCN)CC1. The standard InChI is InChI=1S/C20H32N2O3/c1-16(14-17-6-3-4-7-19(17)24-2)15-20(23)22-11-8-18(9-12-22)25-13-5-10-21/h3-4,6-7,16,18H,5,8-15,21H2,1-2H3. The summed E-state index contributed by atoms with van der Waals surface area (Å²) in [5.41, 5.74) is 6.65. The molecule has 140 valence electrons. The third kappa shape index (κ3) is 6.33. The number of para-hydroxylation sites is 1. The highest BCUT2D eigenvalue weighted by Crippen LogP contribution is 2.23. The molecule has 1 fully saturated rings. The molecule has 1 aromatic rings. The molecule has 0 spiro atoms. The van der Waals surface area contributed by atoms with Gasteiger partial charge in [0.15, 0.2) is 0 Å². The summed E-state index contributed by atoms with van der Waals surface area (Å²) in [7, 11) is 1.69. The van der Waals surface area contributed by atoms with Gasteiger partial charge in [-0.15, -0.1) is 0 Å². The predicted octanol–water partition coefficient (Wildman–Crippen LogP) is 2.62. The number of rotatable bonds is 9. The summed E-state index contributed by atoms with van der Waals surface area (Å²) in [6.45, 7) is 5.13. The molecule has 0 aliphatic carbocycles. The molecular formula is C20H32N2O3. The van der Waals surface area contributed by atoms with Crippen molar-refractivity contribution in [2.24, 2.45) is 11.7 Å². The maximum atomic E-state index is 12.6. The van der Waals surface area contributed by atoms with Crippen LogP contribution in [0, 0.1) is 5.92 Å². The quantitative estimate of drug-likeness (QED) is 0.697. The Morgan fingerprint density at radius 3 is 2.72 bits per heavy atom. The summed E-state index contributed by atoms with van der Waals surface area (Å²) in [5.74, 6) is 1.45. The van der Waals surface area contributed by atoms with Crippen molar-refractivity contribution < 1.29 is 14.3 Å². The molecule has 0 saturated carbocycles. The van der Waals surface area contributed by atoms with E-state index in [0.29, 0.717) is 18.9 Å². The summed E-state index contributed by atoms with van der Waals surface area (Å²) in [4.78, 5) is 14.5. The molecular weight excluding hydrogens is 316 g/mol. The van der Waals surface area contributed by atoms with Crippen molar-refractivity contribution in [1.29, 1.82) is 0 Å². The number of piperidine rings is 1. The van der Waals surface area contributed by atoms with Crippen LogP contribution >= 0.6 is 0 Å². The number of ether oxygens (including phenoxy) is 2. The Hall–Kier alpha value is -1.59. The van der Waals surface area contributed by atoms with Gasteiger partial charge >= 0.3 is 0 Å². The second kappa shape index (κ2) is 10.4. The summed E-state index contributed by atoms with van der Waals surface area (Å²) in [6.07, 6.45) is 4.47. The van der Waals surface area contributed by atoms with Crippen LogP contribution in [0.15, 0.2) is 24.3 Å². The van der Waals surface area contributed by atoms with Crippen LogP contribution in [0.2, 0.25) is 0 Å². The van der Waals surface area contributed by atoms with Crippen molar-refractivity contribution in [3.05, 3.63) is 29.8 Å². The molecule has 2 rings (SSSR count). The Labute approximate surface area is 151 Å². The lowest BCUT2D eigenvalue weighted by Crippen LogP contribution is -2.41. The Kier molecular flexibility index (Phi) is 8.22. The molecule has 0 radical (unpaired) electrons. The van der Waals surface area contributed by atoms with Gasteiger partial charge in [-0.05, 0) is 49.8 Å². The Morgan fingerprint density at radius 1 is 1.32 bits per heavy atom. The average Bonchev–Trinajstić information content (AvgIpc) is 2.63. The molecule has 1 amide bonds. The fourth-order valence-corrected chi connectivity index (χ4v) is 3.35. The van der Waals surface area contributed by atoms with Crippen LogP contribution in [0.5, 0.6) is 5.75 Å². The maximum Gasteiger partial charge on any atom is 0.222 e. The topological polar surface area (TPSA) is 64.8 Å². The van der Waals surface area contributed by atoms with E-state index in [1.54, 1.807) is 7.11 Å². The minimum absolute atomic E-state index is 0.253. The first kappa shape index (κ1) is 19.7. The van der Waals surface area contributed by atoms with E-state index in [-0.39, 0.29) is 12.0 Å². The van der Waals surface area contributed by atoms with Gasteiger partial charge in [0.05, 0.1) is 13.2 Å². The number of methoxy groups -OCH3 is 1. The third-order valence-corrected chi connectivity index (χ3v) is 4.78. The number of likely N-dealkylation sites (tertiary alicyclic amines) is 1. The average molecular weight is 348 g/mol. The van der Waals surface area contributed by atoms with Crippen molar-refractivity contribution >= 4 is 5.91 Å². The van der Waals surface area contributed by atoms with Gasteiger partial charge in [0.1, 0.15) is 5.75 Å². The molecule has 1 aliphatic rings. The van der Waals surface area contributed by atoms with E-state index in [9.17, 15) is 4.79 Å². The van der Waals surface area contributed by atoms with Gasteiger partial charge in [-0.2, -0.15) is 0 Å². The first-order valence-electron chi connectivity index (χ1n) is 9.35. The predicted molar refractivity (Wildman–Crippen MR) is 99.7 cm³/mol. The van der Waals surface area contributed by atoms with Gasteiger partial charge in [-0.1, -0.05) is 25.1 Å². The van der Waals surface area contributed by atoms with Gasteiger partial charge in [-0.25, -0.2) is 0 Å². The lowest BCUT2D eigenvalue weighted by atomic mass is 9.96. The van der Waals surface area contributed by atoms with E-state index in [0.717, 1.165) is 56.7 Å².